The summed E-state index contributed by atoms with van der Waals surface area (Å²) < 4.78 is 54.2. The first-order valence-electron chi connectivity index (χ1n) is 9.90. The van der Waals surface area contributed by atoms with E-state index < -0.39 is 38.9 Å². The van der Waals surface area contributed by atoms with Crippen LogP contribution in [0.25, 0.3) is 11.0 Å². The minimum Gasteiger partial charge on any atom is -0.400 e. The molecule has 1 aliphatic heterocycles. The normalized spacial score (nSPS) is 26.4. The summed E-state index contributed by atoms with van der Waals surface area (Å²) >= 11 is 0. The summed E-state index contributed by atoms with van der Waals surface area (Å²) in [5.74, 6) is -0.582. The maximum atomic E-state index is 15.0. The number of aromatic nitrogens is 2. The van der Waals surface area contributed by atoms with E-state index in [0.717, 1.165) is 3.97 Å². The smallest absolute Gasteiger partial charge is 0.400 e. The Hall–Kier alpha value is -1.97. The Kier molecular flexibility index (Phi) is 4.62. The minimum atomic E-state index is -4.03. The summed E-state index contributed by atoms with van der Waals surface area (Å²) in [5.41, 5.74) is -0.0478. The minimum absolute atomic E-state index is 0.0535. The van der Waals surface area contributed by atoms with Gasteiger partial charge in [-0.3, -0.25) is 0 Å². The fourth-order valence-electron chi connectivity index (χ4n) is 3.86. The van der Waals surface area contributed by atoms with Crippen molar-refractivity contribution in [1.29, 1.82) is 0 Å². The third-order valence-corrected chi connectivity index (χ3v) is 8.87. The summed E-state index contributed by atoms with van der Waals surface area (Å²) in [6.45, 7) is 10.8. The van der Waals surface area contributed by atoms with Crippen LogP contribution in [0.4, 0.5) is 4.39 Å². The average molecular weight is 432 g/mol. The van der Waals surface area contributed by atoms with Crippen LogP contribution >= 0.6 is 0 Å². The van der Waals surface area contributed by atoms with Crippen LogP contribution in [-0.4, -0.2) is 40.4 Å². The van der Waals surface area contributed by atoms with Crippen LogP contribution in [-0.2, 0) is 19.3 Å². The van der Waals surface area contributed by atoms with E-state index >= 15 is 4.39 Å². The quantitative estimate of drug-likeness (QED) is 0.681. The molecule has 1 aliphatic carbocycles. The maximum absolute atomic E-state index is 15.0. The van der Waals surface area contributed by atoms with Gasteiger partial charge in [-0.2, -0.15) is 0 Å². The van der Waals surface area contributed by atoms with E-state index in [1.165, 1.54) is 25.4 Å². The molecule has 1 fully saturated rings. The Morgan fingerprint density at radius 1 is 1.13 bits per heavy atom. The van der Waals surface area contributed by atoms with Crippen molar-refractivity contribution in [2.75, 3.05) is 0 Å². The lowest BCUT2D eigenvalue weighted by molar-refractivity contribution is 0.00578. The Bertz CT molecular complexity index is 1180. The molecule has 0 spiro atoms. The summed E-state index contributed by atoms with van der Waals surface area (Å²) in [7, 11) is -4.84. The molecule has 0 aromatic carbocycles. The first-order valence-corrected chi connectivity index (χ1v) is 11.3. The standard InChI is InChI=1S/C21H26BFN2O4S/c1-14-16(22-28-19(2,3)20(4,5)29-22)12-21(6,13-17(14)23)30(26,27)25-11-9-15-8-7-10-24-18(15)25/h7-11,13H,12H2,1-6H3. The molecular weight excluding hydrogens is 406 g/mol. The Balaban J connectivity index is 1.78. The monoisotopic (exact) mass is 432 g/mol. The topological polar surface area (TPSA) is 70.4 Å². The van der Waals surface area contributed by atoms with Crippen molar-refractivity contribution in [3.05, 3.63) is 53.5 Å². The van der Waals surface area contributed by atoms with Crippen molar-refractivity contribution >= 4 is 28.2 Å². The number of hydrogen-bond donors (Lipinski definition) is 0. The van der Waals surface area contributed by atoms with Crippen LogP contribution in [0, 0.1) is 0 Å². The van der Waals surface area contributed by atoms with Crippen molar-refractivity contribution in [1.82, 2.24) is 8.96 Å². The van der Waals surface area contributed by atoms with Gasteiger partial charge in [0.05, 0.1) is 11.2 Å². The number of rotatable bonds is 3. The SMILES string of the molecule is CC1=C(B2OC(C)(C)C(C)(C)O2)CC(C)(S(=O)(=O)n2ccc3cccnc32)C=C1F. The lowest BCUT2D eigenvalue weighted by atomic mass is 9.68. The average Bonchev–Trinajstić information content (AvgIpc) is 3.16. The molecule has 2 aromatic rings. The van der Waals surface area contributed by atoms with Gasteiger partial charge in [-0.25, -0.2) is 21.8 Å². The summed E-state index contributed by atoms with van der Waals surface area (Å²) in [6, 6.07) is 5.21. The fraction of sp³-hybridized carbons (Fsp3) is 0.476. The zero-order chi connectivity index (χ0) is 22.1. The van der Waals surface area contributed by atoms with Gasteiger partial charge in [0.15, 0.2) is 5.65 Å². The van der Waals surface area contributed by atoms with Gasteiger partial charge >= 0.3 is 7.12 Å². The van der Waals surface area contributed by atoms with Gasteiger partial charge in [0.2, 0.25) is 10.0 Å². The van der Waals surface area contributed by atoms with Gasteiger partial charge in [0, 0.05) is 17.8 Å². The number of fused-ring (bicyclic) bond motifs is 1. The van der Waals surface area contributed by atoms with Crippen LogP contribution < -0.4 is 0 Å². The van der Waals surface area contributed by atoms with Gasteiger partial charge in [-0.1, -0.05) is 0 Å². The highest BCUT2D eigenvalue weighted by Gasteiger charge is 2.55. The van der Waals surface area contributed by atoms with Crippen LogP contribution in [0.2, 0.25) is 0 Å². The maximum Gasteiger partial charge on any atom is 0.491 e. The number of allylic oxidation sites excluding steroid dienone is 3. The van der Waals surface area contributed by atoms with Gasteiger partial charge < -0.3 is 9.31 Å². The first-order chi connectivity index (χ1) is 13.8. The molecule has 4 rings (SSSR count). The third kappa shape index (κ3) is 2.98. The van der Waals surface area contributed by atoms with Gasteiger partial charge in [-0.05, 0) is 83.3 Å². The molecule has 1 atom stereocenters. The fourth-order valence-corrected chi connectivity index (χ4v) is 5.50. The van der Waals surface area contributed by atoms with E-state index in [4.69, 9.17) is 9.31 Å². The first kappa shape index (κ1) is 21.3. The highest BCUT2D eigenvalue weighted by atomic mass is 32.2. The summed E-state index contributed by atoms with van der Waals surface area (Å²) in [4.78, 5) is 4.21. The summed E-state index contributed by atoms with van der Waals surface area (Å²) in [5, 5.41) is 0.697. The van der Waals surface area contributed by atoms with Crippen molar-refractivity contribution in [3.8, 4) is 0 Å². The van der Waals surface area contributed by atoms with Crippen LogP contribution in [0.5, 0.6) is 0 Å². The van der Waals surface area contributed by atoms with Gasteiger partial charge in [0.1, 0.15) is 10.6 Å². The molecule has 0 saturated carbocycles. The van der Waals surface area contributed by atoms with Crippen molar-refractivity contribution in [3.63, 3.8) is 0 Å². The zero-order valence-electron chi connectivity index (χ0n) is 18.1. The molecule has 0 amide bonds. The number of hydrogen-bond acceptors (Lipinski definition) is 5. The molecule has 0 bridgehead atoms. The Labute approximate surface area is 177 Å². The lowest BCUT2D eigenvalue weighted by Gasteiger charge is -2.32. The van der Waals surface area contributed by atoms with Crippen molar-refractivity contribution < 1.29 is 22.1 Å². The molecule has 30 heavy (non-hydrogen) atoms. The van der Waals surface area contributed by atoms with Crippen LogP contribution in [0.15, 0.2) is 53.5 Å². The molecule has 2 aromatic heterocycles. The van der Waals surface area contributed by atoms with E-state index in [-0.39, 0.29) is 6.42 Å². The second kappa shape index (κ2) is 6.51. The Morgan fingerprint density at radius 3 is 2.40 bits per heavy atom. The second-order valence-corrected chi connectivity index (χ2v) is 11.5. The van der Waals surface area contributed by atoms with E-state index in [1.807, 2.05) is 27.7 Å². The largest absolute Gasteiger partial charge is 0.491 e. The predicted molar refractivity (Wildman–Crippen MR) is 115 cm³/mol. The number of halogens is 1. The molecule has 3 heterocycles. The van der Waals surface area contributed by atoms with Crippen molar-refractivity contribution in [2.45, 2.75) is 63.9 Å². The molecule has 1 saturated heterocycles. The number of pyridine rings is 1. The zero-order valence-corrected chi connectivity index (χ0v) is 18.9. The molecule has 6 nitrogen and oxygen atoms in total. The molecular formula is C21H26BFN2O4S. The van der Waals surface area contributed by atoms with Crippen LogP contribution in [0.1, 0.15) is 48.0 Å². The molecule has 1 unspecified atom stereocenters. The van der Waals surface area contributed by atoms with Crippen LogP contribution in [0.3, 0.4) is 0 Å². The number of nitrogens with zero attached hydrogens (tertiary/aromatic N) is 2. The molecule has 0 N–H and O–H groups in total. The molecule has 0 radical (unpaired) electrons. The summed E-state index contributed by atoms with van der Waals surface area (Å²) in [6.07, 6.45) is 4.23. The molecule has 2 aliphatic rings. The van der Waals surface area contributed by atoms with Gasteiger partial charge in [-0.15, -0.1) is 0 Å². The molecule has 9 heteroatoms. The van der Waals surface area contributed by atoms with E-state index in [1.54, 1.807) is 25.1 Å². The van der Waals surface area contributed by atoms with E-state index in [2.05, 4.69) is 4.98 Å². The van der Waals surface area contributed by atoms with E-state index in [9.17, 15) is 8.42 Å². The van der Waals surface area contributed by atoms with Crippen molar-refractivity contribution in [2.24, 2.45) is 0 Å². The second-order valence-electron chi connectivity index (χ2n) is 9.25. The highest BCUT2D eigenvalue weighted by Crippen LogP contribution is 2.45. The molecule has 160 valence electrons. The predicted octanol–water partition coefficient (Wildman–Crippen LogP) is 4.18. The Morgan fingerprint density at radius 2 is 1.77 bits per heavy atom. The lowest BCUT2D eigenvalue weighted by Crippen LogP contribution is -2.42. The highest BCUT2D eigenvalue weighted by molar-refractivity contribution is 7.91. The van der Waals surface area contributed by atoms with Gasteiger partial charge in [0.25, 0.3) is 0 Å². The third-order valence-electron chi connectivity index (χ3n) is 6.61. The van der Waals surface area contributed by atoms with E-state index in [0.29, 0.717) is 22.1 Å².